The molecule has 0 heterocycles. The predicted octanol–water partition coefficient (Wildman–Crippen LogP) is 4.72. The average molecular weight is 215 g/mol. The minimum Gasteiger partial charge on any atom is -0.411 e. The largest absolute Gasteiger partial charge is 0.411 e. The van der Waals surface area contributed by atoms with Gasteiger partial charge in [0.1, 0.15) is 0 Å². The zero-order valence-corrected chi connectivity index (χ0v) is 11.6. The van der Waals surface area contributed by atoms with Crippen LogP contribution in [0, 0.1) is 11.3 Å². The molecular formula is C13H29NO. The molecule has 0 amide bonds. The van der Waals surface area contributed by atoms with Crippen molar-refractivity contribution in [1.82, 2.24) is 0 Å². The summed E-state index contributed by atoms with van der Waals surface area (Å²) in [5.74, 6) is 0.641. The van der Waals surface area contributed by atoms with Gasteiger partial charge >= 0.3 is 0 Å². The van der Waals surface area contributed by atoms with Crippen LogP contribution >= 0.6 is 0 Å². The third kappa shape index (κ3) is 4.67. The Bertz CT molecular complexity index is 173. The Hall–Kier alpha value is -0.530. The molecular weight excluding hydrogens is 186 g/mol. The normalized spacial score (nSPS) is 25.8. The van der Waals surface area contributed by atoms with Crippen LogP contribution < -0.4 is 0 Å². The van der Waals surface area contributed by atoms with Gasteiger partial charge < -0.3 is 5.21 Å². The molecule has 1 aliphatic carbocycles. The molecule has 0 saturated heterocycles. The van der Waals surface area contributed by atoms with Crippen molar-refractivity contribution >= 4 is 5.71 Å². The van der Waals surface area contributed by atoms with Crippen molar-refractivity contribution in [2.45, 2.75) is 67.7 Å². The fourth-order valence-electron chi connectivity index (χ4n) is 1.72. The zero-order chi connectivity index (χ0) is 12.5. The molecule has 0 radical (unpaired) electrons. The van der Waals surface area contributed by atoms with Gasteiger partial charge in [0.15, 0.2) is 0 Å². The lowest BCUT2D eigenvalue weighted by Crippen LogP contribution is -2.35. The Balaban J connectivity index is 0. The maximum absolute atomic E-state index is 8.73. The first kappa shape index (κ1) is 16.9. The summed E-state index contributed by atoms with van der Waals surface area (Å²) in [6.07, 6.45) is 3.39. The lowest BCUT2D eigenvalue weighted by atomic mass is 9.68. The third-order valence-corrected chi connectivity index (χ3v) is 3.15. The van der Waals surface area contributed by atoms with E-state index in [-0.39, 0.29) is 5.41 Å². The zero-order valence-electron chi connectivity index (χ0n) is 11.6. The Morgan fingerprint density at radius 1 is 1.20 bits per heavy atom. The summed E-state index contributed by atoms with van der Waals surface area (Å²) in [5.41, 5.74) is 1.07. The summed E-state index contributed by atoms with van der Waals surface area (Å²) in [7, 11) is 0. The fraction of sp³-hybridized carbons (Fsp3) is 0.923. The number of nitrogens with zero attached hydrogens (tertiary/aromatic N) is 1. The van der Waals surface area contributed by atoms with Gasteiger partial charge in [-0.2, -0.15) is 0 Å². The second-order valence-corrected chi connectivity index (χ2v) is 4.06. The SMILES string of the molecule is CC.CC.CC1CCC/C(=N\O)C1(C)C. The summed E-state index contributed by atoms with van der Waals surface area (Å²) in [5, 5.41) is 12.1. The maximum atomic E-state index is 8.73. The second kappa shape index (κ2) is 8.75. The van der Waals surface area contributed by atoms with Crippen molar-refractivity contribution < 1.29 is 5.21 Å². The van der Waals surface area contributed by atoms with Gasteiger partial charge in [-0.05, 0) is 25.2 Å². The molecule has 15 heavy (non-hydrogen) atoms. The van der Waals surface area contributed by atoms with Crippen LogP contribution in [0.1, 0.15) is 67.7 Å². The molecule has 0 spiro atoms. The summed E-state index contributed by atoms with van der Waals surface area (Å²) in [4.78, 5) is 0. The summed E-state index contributed by atoms with van der Waals surface area (Å²) in [6.45, 7) is 14.5. The van der Waals surface area contributed by atoms with E-state index >= 15 is 0 Å². The number of hydrogen-bond acceptors (Lipinski definition) is 2. The van der Waals surface area contributed by atoms with Gasteiger partial charge in [0.05, 0.1) is 5.71 Å². The Morgan fingerprint density at radius 3 is 2.00 bits per heavy atom. The number of rotatable bonds is 0. The Morgan fingerprint density at radius 2 is 1.67 bits per heavy atom. The molecule has 1 atom stereocenters. The van der Waals surface area contributed by atoms with Crippen LogP contribution in [0.5, 0.6) is 0 Å². The van der Waals surface area contributed by atoms with E-state index in [9.17, 15) is 0 Å². The van der Waals surface area contributed by atoms with Crippen LogP contribution in [0.4, 0.5) is 0 Å². The molecule has 0 aromatic carbocycles. The summed E-state index contributed by atoms with van der Waals surface area (Å²) < 4.78 is 0. The van der Waals surface area contributed by atoms with Crippen molar-refractivity contribution in [3.8, 4) is 0 Å². The van der Waals surface area contributed by atoms with Gasteiger partial charge in [0, 0.05) is 5.41 Å². The Labute approximate surface area is 95.8 Å². The minimum atomic E-state index is 0.104. The van der Waals surface area contributed by atoms with Crippen molar-refractivity contribution in [1.29, 1.82) is 0 Å². The third-order valence-electron chi connectivity index (χ3n) is 3.15. The fourth-order valence-corrected chi connectivity index (χ4v) is 1.72. The summed E-state index contributed by atoms with van der Waals surface area (Å²) in [6, 6.07) is 0. The lowest BCUT2D eigenvalue weighted by molar-refractivity contribution is 0.252. The summed E-state index contributed by atoms with van der Waals surface area (Å²) >= 11 is 0. The molecule has 1 fully saturated rings. The van der Waals surface area contributed by atoms with Gasteiger partial charge in [-0.1, -0.05) is 53.6 Å². The van der Waals surface area contributed by atoms with Crippen LogP contribution in [0.2, 0.25) is 0 Å². The highest BCUT2D eigenvalue weighted by molar-refractivity contribution is 5.89. The average Bonchev–Trinajstić information content (AvgIpc) is 2.28. The van der Waals surface area contributed by atoms with Crippen LogP contribution in [-0.2, 0) is 0 Å². The molecule has 1 aliphatic rings. The first-order chi connectivity index (χ1) is 7.09. The van der Waals surface area contributed by atoms with Crippen LogP contribution in [-0.4, -0.2) is 10.9 Å². The molecule has 2 heteroatoms. The van der Waals surface area contributed by atoms with Crippen LogP contribution in [0.3, 0.4) is 0 Å². The molecule has 92 valence electrons. The molecule has 1 rings (SSSR count). The number of hydrogen-bond donors (Lipinski definition) is 1. The van der Waals surface area contributed by atoms with Crippen molar-refractivity contribution in [3.05, 3.63) is 0 Å². The van der Waals surface area contributed by atoms with E-state index in [0.717, 1.165) is 12.1 Å². The van der Waals surface area contributed by atoms with Crippen molar-refractivity contribution in [2.75, 3.05) is 0 Å². The molecule has 0 aromatic heterocycles. The predicted molar refractivity (Wildman–Crippen MR) is 68.7 cm³/mol. The van der Waals surface area contributed by atoms with E-state index in [4.69, 9.17) is 5.21 Å². The highest BCUT2D eigenvalue weighted by atomic mass is 16.4. The van der Waals surface area contributed by atoms with E-state index < -0.39 is 0 Å². The molecule has 0 bridgehead atoms. The van der Waals surface area contributed by atoms with Gasteiger partial charge in [0.2, 0.25) is 0 Å². The van der Waals surface area contributed by atoms with E-state index in [1.165, 1.54) is 12.8 Å². The molecule has 2 nitrogen and oxygen atoms in total. The minimum absolute atomic E-state index is 0.104. The van der Waals surface area contributed by atoms with Crippen LogP contribution in [0.15, 0.2) is 5.16 Å². The smallest absolute Gasteiger partial charge is 0.0629 e. The van der Waals surface area contributed by atoms with Gasteiger partial charge in [-0.3, -0.25) is 0 Å². The monoisotopic (exact) mass is 215 g/mol. The molecule has 0 aromatic rings. The quantitative estimate of drug-likeness (QED) is 0.460. The molecule has 1 N–H and O–H groups in total. The van der Waals surface area contributed by atoms with Gasteiger partial charge in [-0.15, -0.1) is 0 Å². The Kier molecular flexibility index (Phi) is 9.85. The molecule has 1 saturated carbocycles. The van der Waals surface area contributed by atoms with Crippen molar-refractivity contribution in [2.24, 2.45) is 16.5 Å². The first-order valence-electron chi connectivity index (χ1n) is 6.30. The van der Waals surface area contributed by atoms with E-state index in [0.29, 0.717) is 5.92 Å². The second-order valence-electron chi connectivity index (χ2n) is 4.06. The number of oxime groups is 1. The standard InChI is InChI=1S/C9H17NO.2C2H6/c1-7-5-4-6-8(10-11)9(7,2)3;2*1-2/h7,11H,4-6H2,1-3H3;2*1-2H3/b10-8+;;. The van der Waals surface area contributed by atoms with Crippen molar-refractivity contribution in [3.63, 3.8) is 0 Å². The van der Waals surface area contributed by atoms with E-state index in [1.807, 2.05) is 27.7 Å². The highest BCUT2D eigenvalue weighted by Gasteiger charge is 2.34. The topological polar surface area (TPSA) is 32.6 Å². The molecule has 0 aliphatic heterocycles. The lowest BCUT2D eigenvalue weighted by Gasteiger charge is -2.36. The maximum Gasteiger partial charge on any atom is 0.0629 e. The highest BCUT2D eigenvalue weighted by Crippen LogP contribution is 2.37. The van der Waals surface area contributed by atoms with Gasteiger partial charge in [0.25, 0.3) is 0 Å². The van der Waals surface area contributed by atoms with Crippen LogP contribution in [0.25, 0.3) is 0 Å². The van der Waals surface area contributed by atoms with E-state index in [1.54, 1.807) is 0 Å². The van der Waals surface area contributed by atoms with Gasteiger partial charge in [-0.25, -0.2) is 0 Å². The molecule has 1 unspecified atom stereocenters. The first-order valence-corrected chi connectivity index (χ1v) is 6.30. The van der Waals surface area contributed by atoms with E-state index in [2.05, 4.69) is 25.9 Å².